The third-order valence-electron chi connectivity index (χ3n) is 4.57. The molecule has 1 aromatic heterocycles. The fraction of sp³-hybridized carbons (Fsp3) is 0.130. The van der Waals surface area contributed by atoms with Gasteiger partial charge < -0.3 is 14.5 Å². The van der Waals surface area contributed by atoms with Crippen molar-refractivity contribution in [2.45, 2.75) is 13.8 Å². The minimum absolute atomic E-state index is 0.109. The SMILES string of the molecule is COc1cc([N+](=O)[O-])ccc1-c1ccc(/C=C(\C#N)C(=O)Nc2ccc(C)cc2C)o1. The predicted octanol–water partition coefficient (Wildman–Crippen LogP) is 5.03. The normalized spacial score (nSPS) is 11.0. The number of nitrogens with one attached hydrogen (secondary N) is 1. The number of nitrogens with zero attached hydrogens (tertiary/aromatic N) is 2. The van der Waals surface area contributed by atoms with E-state index in [4.69, 9.17) is 9.15 Å². The van der Waals surface area contributed by atoms with Crippen LogP contribution in [-0.4, -0.2) is 17.9 Å². The van der Waals surface area contributed by atoms with E-state index >= 15 is 0 Å². The van der Waals surface area contributed by atoms with Crippen LogP contribution in [0.15, 0.2) is 58.5 Å². The summed E-state index contributed by atoms with van der Waals surface area (Å²) in [7, 11) is 1.40. The number of hydrogen-bond donors (Lipinski definition) is 1. The first-order valence-corrected chi connectivity index (χ1v) is 9.25. The quantitative estimate of drug-likeness (QED) is 0.260. The van der Waals surface area contributed by atoms with Crippen LogP contribution in [-0.2, 0) is 4.79 Å². The summed E-state index contributed by atoms with van der Waals surface area (Å²) in [5.74, 6) is 0.375. The molecule has 3 aromatic rings. The first kappa shape index (κ1) is 21.3. The van der Waals surface area contributed by atoms with E-state index in [1.54, 1.807) is 18.2 Å². The summed E-state index contributed by atoms with van der Waals surface area (Å²) in [6.45, 7) is 3.82. The van der Waals surface area contributed by atoms with E-state index in [0.717, 1.165) is 11.1 Å². The number of ether oxygens (including phenoxy) is 1. The van der Waals surface area contributed by atoms with Crippen molar-refractivity contribution in [3.8, 4) is 23.1 Å². The molecule has 3 rings (SSSR count). The summed E-state index contributed by atoms with van der Waals surface area (Å²) < 4.78 is 11.0. The molecule has 8 heteroatoms. The topological polar surface area (TPSA) is 118 Å². The predicted molar refractivity (Wildman–Crippen MR) is 115 cm³/mol. The molecule has 0 fully saturated rings. The molecule has 0 saturated heterocycles. The van der Waals surface area contributed by atoms with Gasteiger partial charge in [0.05, 0.1) is 23.7 Å². The Morgan fingerprint density at radius 2 is 1.97 bits per heavy atom. The zero-order chi connectivity index (χ0) is 22.5. The average molecular weight is 417 g/mol. The average Bonchev–Trinajstić information content (AvgIpc) is 3.21. The zero-order valence-electron chi connectivity index (χ0n) is 17.1. The first-order valence-electron chi connectivity index (χ1n) is 9.25. The van der Waals surface area contributed by atoms with Gasteiger partial charge in [0.1, 0.15) is 28.9 Å². The van der Waals surface area contributed by atoms with Gasteiger partial charge in [-0.1, -0.05) is 17.7 Å². The lowest BCUT2D eigenvalue weighted by Crippen LogP contribution is -2.14. The Labute approximate surface area is 178 Å². The van der Waals surface area contributed by atoms with Gasteiger partial charge in [-0.3, -0.25) is 14.9 Å². The van der Waals surface area contributed by atoms with Gasteiger partial charge in [0.2, 0.25) is 0 Å². The Bertz CT molecular complexity index is 1230. The molecule has 1 heterocycles. The van der Waals surface area contributed by atoms with E-state index in [1.165, 1.54) is 31.4 Å². The van der Waals surface area contributed by atoms with Gasteiger partial charge in [0, 0.05) is 17.8 Å². The van der Waals surface area contributed by atoms with E-state index < -0.39 is 10.8 Å². The molecule has 0 atom stereocenters. The number of nitriles is 1. The molecule has 0 aliphatic rings. The number of carbonyl (C=O) groups is 1. The third-order valence-corrected chi connectivity index (χ3v) is 4.57. The Morgan fingerprint density at radius 1 is 1.19 bits per heavy atom. The first-order chi connectivity index (χ1) is 14.8. The number of nitro benzene ring substituents is 1. The van der Waals surface area contributed by atoms with Crippen LogP contribution in [0.1, 0.15) is 16.9 Å². The molecule has 0 bridgehead atoms. The van der Waals surface area contributed by atoms with Crippen LogP contribution in [0.5, 0.6) is 5.75 Å². The Balaban J connectivity index is 1.86. The maximum absolute atomic E-state index is 12.5. The highest BCUT2D eigenvalue weighted by Crippen LogP contribution is 2.34. The lowest BCUT2D eigenvalue weighted by molar-refractivity contribution is -0.384. The number of non-ortho nitro benzene ring substituents is 1. The molecule has 0 saturated carbocycles. The summed E-state index contributed by atoms with van der Waals surface area (Å²) in [5, 5.41) is 23.1. The van der Waals surface area contributed by atoms with Crippen molar-refractivity contribution in [2.24, 2.45) is 0 Å². The van der Waals surface area contributed by atoms with Crippen molar-refractivity contribution in [3.05, 3.63) is 81.1 Å². The monoisotopic (exact) mass is 417 g/mol. The van der Waals surface area contributed by atoms with Gasteiger partial charge in [0.15, 0.2) is 0 Å². The number of carbonyl (C=O) groups excluding carboxylic acids is 1. The minimum Gasteiger partial charge on any atom is -0.496 e. The van der Waals surface area contributed by atoms with E-state index in [0.29, 0.717) is 17.0 Å². The summed E-state index contributed by atoms with van der Waals surface area (Å²) in [6, 6.07) is 14.8. The number of rotatable bonds is 6. The molecule has 0 aliphatic carbocycles. The smallest absolute Gasteiger partial charge is 0.273 e. The van der Waals surface area contributed by atoms with Crippen LogP contribution in [0.2, 0.25) is 0 Å². The maximum Gasteiger partial charge on any atom is 0.273 e. The van der Waals surface area contributed by atoms with Crippen molar-refractivity contribution in [1.82, 2.24) is 0 Å². The van der Waals surface area contributed by atoms with Crippen molar-refractivity contribution >= 4 is 23.4 Å². The molecule has 31 heavy (non-hydrogen) atoms. The second-order valence-corrected chi connectivity index (χ2v) is 6.79. The fourth-order valence-electron chi connectivity index (χ4n) is 3.01. The van der Waals surface area contributed by atoms with Gasteiger partial charge in [-0.05, 0) is 43.7 Å². The van der Waals surface area contributed by atoms with Crippen molar-refractivity contribution in [2.75, 3.05) is 12.4 Å². The van der Waals surface area contributed by atoms with E-state index in [9.17, 15) is 20.2 Å². The fourth-order valence-corrected chi connectivity index (χ4v) is 3.01. The molecule has 1 amide bonds. The third kappa shape index (κ3) is 4.79. The molecule has 0 radical (unpaired) electrons. The van der Waals surface area contributed by atoms with Gasteiger partial charge in [-0.15, -0.1) is 0 Å². The van der Waals surface area contributed by atoms with Gasteiger partial charge in [0.25, 0.3) is 11.6 Å². The Kier molecular flexibility index (Phi) is 6.17. The maximum atomic E-state index is 12.5. The van der Waals surface area contributed by atoms with E-state index in [2.05, 4.69) is 5.32 Å². The molecule has 8 nitrogen and oxygen atoms in total. The highest BCUT2D eigenvalue weighted by molar-refractivity contribution is 6.09. The summed E-state index contributed by atoms with van der Waals surface area (Å²) >= 11 is 0. The van der Waals surface area contributed by atoms with Crippen LogP contribution in [0.25, 0.3) is 17.4 Å². The molecule has 1 N–H and O–H groups in total. The standard InChI is InChI=1S/C23H19N3O5/c1-14-4-8-20(15(2)10-14)25-23(27)16(13-24)11-18-6-9-21(31-18)19-7-5-17(26(28)29)12-22(19)30-3/h4-12H,1-3H3,(H,25,27)/b16-11+. The number of aryl methyl sites for hydroxylation is 2. The molecule has 0 aliphatic heterocycles. The largest absolute Gasteiger partial charge is 0.496 e. The zero-order valence-corrected chi connectivity index (χ0v) is 17.1. The van der Waals surface area contributed by atoms with Crippen molar-refractivity contribution < 1.29 is 18.9 Å². The second kappa shape index (κ2) is 8.97. The Morgan fingerprint density at radius 3 is 2.61 bits per heavy atom. The minimum atomic E-state index is -0.555. The second-order valence-electron chi connectivity index (χ2n) is 6.79. The number of amides is 1. The highest BCUT2D eigenvalue weighted by atomic mass is 16.6. The molecular formula is C23H19N3O5. The molecule has 156 valence electrons. The van der Waals surface area contributed by atoms with Crippen LogP contribution in [0.4, 0.5) is 11.4 Å². The number of benzene rings is 2. The van der Waals surface area contributed by atoms with Crippen LogP contribution in [0, 0.1) is 35.3 Å². The summed E-state index contributed by atoms with van der Waals surface area (Å²) in [4.78, 5) is 23.0. The van der Waals surface area contributed by atoms with Crippen LogP contribution < -0.4 is 10.1 Å². The van der Waals surface area contributed by atoms with Gasteiger partial charge in [-0.25, -0.2) is 0 Å². The van der Waals surface area contributed by atoms with Gasteiger partial charge in [-0.2, -0.15) is 5.26 Å². The van der Waals surface area contributed by atoms with Crippen molar-refractivity contribution in [1.29, 1.82) is 5.26 Å². The summed E-state index contributed by atoms with van der Waals surface area (Å²) in [5.41, 5.74) is 2.84. The van der Waals surface area contributed by atoms with E-state index in [-0.39, 0.29) is 22.8 Å². The molecule has 2 aromatic carbocycles. The van der Waals surface area contributed by atoms with Crippen LogP contribution >= 0.6 is 0 Å². The highest BCUT2D eigenvalue weighted by Gasteiger charge is 2.16. The number of anilines is 1. The molecule has 0 unspecified atom stereocenters. The summed E-state index contributed by atoms with van der Waals surface area (Å²) in [6.07, 6.45) is 1.33. The lowest BCUT2D eigenvalue weighted by atomic mass is 10.1. The molecular weight excluding hydrogens is 398 g/mol. The number of nitro groups is 1. The van der Waals surface area contributed by atoms with Gasteiger partial charge >= 0.3 is 0 Å². The van der Waals surface area contributed by atoms with Crippen molar-refractivity contribution in [3.63, 3.8) is 0 Å². The van der Waals surface area contributed by atoms with Crippen LogP contribution in [0.3, 0.4) is 0 Å². The Hall–Kier alpha value is -4.38. The number of hydrogen-bond acceptors (Lipinski definition) is 6. The lowest BCUT2D eigenvalue weighted by Gasteiger charge is -2.08. The van der Waals surface area contributed by atoms with E-state index in [1.807, 2.05) is 32.0 Å². The molecule has 0 spiro atoms. The number of furan rings is 1. The number of methoxy groups -OCH3 is 1.